The molecule has 0 atom stereocenters. The van der Waals surface area contributed by atoms with E-state index in [1.807, 2.05) is 12.1 Å². The van der Waals surface area contributed by atoms with Crippen LogP contribution in [0.4, 0.5) is 0 Å². The van der Waals surface area contributed by atoms with E-state index >= 15 is 0 Å². The Kier molecular flexibility index (Phi) is 5.62. The maximum absolute atomic E-state index is 11.6. The van der Waals surface area contributed by atoms with Crippen LogP contribution in [0.2, 0.25) is 0 Å². The second-order valence-corrected chi connectivity index (χ2v) is 7.76. The van der Waals surface area contributed by atoms with Gasteiger partial charge in [-0.3, -0.25) is 0 Å². The molecule has 0 aromatic heterocycles. The molecule has 0 aliphatic heterocycles. The lowest BCUT2D eigenvalue weighted by molar-refractivity contribution is 0.338. The summed E-state index contributed by atoms with van der Waals surface area (Å²) in [7, 11) is -3.05. The first-order valence-electron chi connectivity index (χ1n) is 5.69. The second-order valence-electron chi connectivity index (χ2n) is 4.23. The Morgan fingerprint density at radius 2 is 2.06 bits per heavy atom. The molecular formula is C12H18BrNO3S. The molecule has 0 bridgehead atoms. The van der Waals surface area contributed by atoms with Crippen molar-refractivity contribution >= 4 is 25.8 Å². The Labute approximate surface area is 117 Å². The molecule has 0 unspecified atom stereocenters. The third-order valence-electron chi connectivity index (χ3n) is 2.58. The Morgan fingerprint density at radius 1 is 1.39 bits per heavy atom. The average molecular weight is 336 g/mol. The van der Waals surface area contributed by atoms with Crippen LogP contribution in [0.25, 0.3) is 0 Å². The van der Waals surface area contributed by atoms with E-state index in [1.54, 1.807) is 19.9 Å². The lowest BCUT2D eigenvalue weighted by Gasteiger charge is -2.11. The summed E-state index contributed by atoms with van der Waals surface area (Å²) in [6, 6.07) is 5.51. The topological polar surface area (TPSA) is 69.4 Å². The van der Waals surface area contributed by atoms with Crippen LogP contribution in [-0.2, 0) is 16.4 Å². The van der Waals surface area contributed by atoms with Gasteiger partial charge in [0.15, 0.2) is 9.84 Å². The molecule has 0 aliphatic carbocycles. The number of benzene rings is 1. The molecule has 0 saturated carbocycles. The van der Waals surface area contributed by atoms with Crippen molar-refractivity contribution in [3.63, 3.8) is 0 Å². The van der Waals surface area contributed by atoms with Crippen molar-refractivity contribution in [2.24, 2.45) is 5.73 Å². The summed E-state index contributed by atoms with van der Waals surface area (Å²) in [5, 5.41) is -0.371. The van der Waals surface area contributed by atoms with Gasteiger partial charge in [0.25, 0.3) is 0 Å². The fourth-order valence-corrected chi connectivity index (χ4v) is 2.62. The van der Waals surface area contributed by atoms with Gasteiger partial charge in [0.1, 0.15) is 12.4 Å². The zero-order valence-corrected chi connectivity index (χ0v) is 12.9. The van der Waals surface area contributed by atoms with E-state index < -0.39 is 9.84 Å². The smallest absolute Gasteiger partial charge is 0.155 e. The van der Waals surface area contributed by atoms with Crippen LogP contribution in [0.15, 0.2) is 22.7 Å². The number of hydrogen-bond donors (Lipinski definition) is 1. The molecule has 0 spiro atoms. The van der Waals surface area contributed by atoms with Crippen LogP contribution in [0.5, 0.6) is 5.75 Å². The highest BCUT2D eigenvalue weighted by Gasteiger charge is 2.16. The molecule has 1 aromatic carbocycles. The van der Waals surface area contributed by atoms with Gasteiger partial charge in [0, 0.05) is 6.54 Å². The second kappa shape index (κ2) is 6.54. The van der Waals surface area contributed by atoms with Crippen molar-refractivity contribution in [2.45, 2.75) is 25.6 Å². The fraction of sp³-hybridized carbons (Fsp3) is 0.500. The van der Waals surface area contributed by atoms with Crippen LogP contribution >= 0.6 is 15.9 Å². The molecule has 18 heavy (non-hydrogen) atoms. The van der Waals surface area contributed by atoms with E-state index in [4.69, 9.17) is 10.5 Å². The monoisotopic (exact) mass is 335 g/mol. The predicted molar refractivity (Wildman–Crippen MR) is 76.5 cm³/mol. The summed E-state index contributed by atoms with van der Waals surface area (Å²) in [6.07, 6.45) is 0. The molecule has 6 heteroatoms. The van der Waals surface area contributed by atoms with Gasteiger partial charge in [-0.2, -0.15) is 0 Å². The number of sulfone groups is 1. The van der Waals surface area contributed by atoms with Crippen LogP contribution < -0.4 is 10.5 Å². The van der Waals surface area contributed by atoms with Crippen LogP contribution in [0.1, 0.15) is 19.4 Å². The van der Waals surface area contributed by atoms with Crippen molar-refractivity contribution in [3.05, 3.63) is 28.2 Å². The molecule has 1 aromatic rings. The molecule has 0 amide bonds. The first-order valence-corrected chi connectivity index (χ1v) is 8.20. The Balaban J connectivity index is 2.60. The van der Waals surface area contributed by atoms with Gasteiger partial charge in [-0.15, -0.1) is 0 Å². The fourth-order valence-electron chi connectivity index (χ4n) is 1.29. The lowest BCUT2D eigenvalue weighted by atomic mass is 10.2. The van der Waals surface area contributed by atoms with Crippen molar-refractivity contribution < 1.29 is 13.2 Å². The molecule has 0 heterocycles. The Hall–Kier alpha value is -0.590. The lowest BCUT2D eigenvalue weighted by Crippen LogP contribution is -2.22. The molecule has 102 valence electrons. The SMILES string of the molecule is CC(C)S(=O)(=O)CCOc1ccc(CN)cc1Br. The zero-order chi connectivity index (χ0) is 13.8. The normalized spacial score (nSPS) is 11.8. The average Bonchev–Trinajstić information content (AvgIpc) is 2.30. The van der Waals surface area contributed by atoms with Gasteiger partial charge in [-0.25, -0.2) is 8.42 Å². The number of ether oxygens (including phenoxy) is 1. The number of hydrogen-bond acceptors (Lipinski definition) is 4. The zero-order valence-electron chi connectivity index (χ0n) is 10.5. The predicted octanol–water partition coefficient (Wildman–Crippen LogP) is 2.11. The summed E-state index contributed by atoms with van der Waals surface area (Å²) < 4.78 is 29.4. The summed E-state index contributed by atoms with van der Waals surface area (Å²) in [4.78, 5) is 0. The molecule has 0 saturated heterocycles. The minimum Gasteiger partial charge on any atom is -0.491 e. The third kappa shape index (κ3) is 4.26. The standard InChI is InChI=1S/C12H18BrNO3S/c1-9(2)18(15,16)6-5-17-12-4-3-10(8-14)7-11(12)13/h3-4,7,9H,5-6,8,14H2,1-2H3. The highest BCUT2D eigenvalue weighted by Crippen LogP contribution is 2.25. The van der Waals surface area contributed by atoms with Gasteiger partial charge in [-0.05, 0) is 47.5 Å². The van der Waals surface area contributed by atoms with E-state index in [2.05, 4.69) is 15.9 Å². The minimum atomic E-state index is -3.05. The Bertz CT molecular complexity index is 500. The number of halogens is 1. The summed E-state index contributed by atoms with van der Waals surface area (Å²) >= 11 is 3.37. The largest absolute Gasteiger partial charge is 0.491 e. The maximum atomic E-state index is 11.6. The highest BCUT2D eigenvalue weighted by atomic mass is 79.9. The minimum absolute atomic E-state index is 0.0236. The van der Waals surface area contributed by atoms with Gasteiger partial charge in [0.2, 0.25) is 0 Å². The third-order valence-corrected chi connectivity index (χ3v) is 5.37. The number of nitrogens with two attached hydrogens (primary N) is 1. The van der Waals surface area contributed by atoms with Crippen molar-refractivity contribution in [1.82, 2.24) is 0 Å². The van der Waals surface area contributed by atoms with Gasteiger partial charge < -0.3 is 10.5 Å². The van der Waals surface area contributed by atoms with E-state index in [9.17, 15) is 8.42 Å². The molecule has 1 rings (SSSR count). The first kappa shape index (κ1) is 15.5. The number of rotatable bonds is 6. The summed E-state index contributed by atoms with van der Waals surface area (Å²) in [6.45, 7) is 3.95. The van der Waals surface area contributed by atoms with Gasteiger partial charge in [0.05, 0.1) is 15.5 Å². The molecular weight excluding hydrogens is 318 g/mol. The molecule has 0 aliphatic rings. The van der Waals surface area contributed by atoms with Crippen LogP contribution in [0.3, 0.4) is 0 Å². The van der Waals surface area contributed by atoms with Gasteiger partial charge in [-0.1, -0.05) is 6.07 Å². The van der Waals surface area contributed by atoms with Crippen molar-refractivity contribution in [3.8, 4) is 5.75 Å². The first-order chi connectivity index (χ1) is 8.36. The van der Waals surface area contributed by atoms with Crippen LogP contribution in [-0.4, -0.2) is 26.0 Å². The van der Waals surface area contributed by atoms with E-state index in [1.165, 1.54) is 0 Å². The summed E-state index contributed by atoms with van der Waals surface area (Å²) in [5.41, 5.74) is 6.51. The molecule has 4 nitrogen and oxygen atoms in total. The van der Waals surface area contributed by atoms with Gasteiger partial charge >= 0.3 is 0 Å². The van der Waals surface area contributed by atoms with E-state index in [0.717, 1.165) is 10.0 Å². The van der Waals surface area contributed by atoms with E-state index in [0.29, 0.717) is 12.3 Å². The van der Waals surface area contributed by atoms with E-state index in [-0.39, 0.29) is 17.6 Å². The summed E-state index contributed by atoms with van der Waals surface area (Å²) in [5.74, 6) is 0.654. The quantitative estimate of drug-likeness (QED) is 0.864. The van der Waals surface area contributed by atoms with Crippen LogP contribution in [0, 0.1) is 0 Å². The highest BCUT2D eigenvalue weighted by molar-refractivity contribution is 9.10. The molecule has 0 radical (unpaired) electrons. The molecule has 2 N–H and O–H groups in total. The van der Waals surface area contributed by atoms with Crippen molar-refractivity contribution in [2.75, 3.05) is 12.4 Å². The molecule has 0 fully saturated rings. The van der Waals surface area contributed by atoms with Crippen molar-refractivity contribution in [1.29, 1.82) is 0 Å². The Morgan fingerprint density at radius 3 is 2.56 bits per heavy atom. The maximum Gasteiger partial charge on any atom is 0.155 e.